The molecule has 4 heterocycles. The van der Waals surface area contributed by atoms with Crippen LogP contribution in [0, 0.1) is 6.92 Å². The maximum absolute atomic E-state index is 13.4. The summed E-state index contributed by atoms with van der Waals surface area (Å²) >= 11 is 0. The van der Waals surface area contributed by atoms with Crippen molar-refractivity contribution in [2.45, 2.75) is 32.9 Å². The molecule has 176 valence electrons. The maximum atomic E-state index is 13.4. The summed E-state index contributed by atoms with van der Waals surface area (Å²) in [5.41, 5.74) is 2.76. The molecule has 5 rings (SSSR count). The highest BCUT2D eigenvalue weighted by Gasteiger charge is 2.24. The number of nitrogens with zero attached hydrogens (tertiary/aromatic N) is 6. The molecule has 1 amide bonds. The van der Waals surface area contributed by atoms with E-state index in [0.29, 0.717) is 46.2 Å². The van der Waals surface area contributed by atoms with Gasteiger partial charge in [0.25, 0.3) is 5.91 Å². The molecule has 1 saturated heterocycles. The normalized spacial score (nSPS) is 18.4. The van der Waals surface area contributed by atoms with Crippen LogP contribution in [0.1, 0.15) is 30.0 Å². The number of ether oxygens (including phenoxy) is 1. The van der Waals surface area contributed by atoms with E-state index in [9.17, 15) is 4.79 Å². The Morgan fingerprint density at radius 1 is 1.18 bits per heavy atom. The highest BCUT2D eigenvalue weighted by molar-refractivity contribution is 6.13. The number of carbonyl (C=O) groups is 1. The molecule has 0 aliphatic carbocycles. The summed E-state index contributed by atoms with van der Waals surface area (Å²) in [6.07, 6.45) is 3.66. The van der Waals surface area contributed by atoms with Crippen LogP contribution in [-0.2, 0) is 7.05 Å². The number of aryl methyl sites for hydroxylation is 2. The fraction of sp³-hybridized carbons (Fsp3) is 0.375. The van der Waals surface area contributed by atoms with Gasteiger partial charge < -0.3 is 20.3 Å². The van der Waals surface area contributed by atoms with E-state index in [1.807, 2.05) is 38.5 Å². The molecule has 10 heteroatoms. The van der Waals surface area contributed by atoms with Crippen molar-refractivity contribution in [2.24, 2.45) is 7.05 Å². The molecular formula is C24H28N8O2. The van der Waals surface area contributed by atoms with Crippen LogP contribution in [0.5, 0.6) is 5.88 Å². The molecule has 0 saturated carbocycles. The summed E-state index contributed by atoms with van der Waals surface area (Å²) in [5.74, 6) is 1.05. The van der Waals surface area contributed by atoms with Crippen molar-refractivity contribution in [1.29, 1.82) is 0 Å². The van der Waals surface area contributed by atoms with Crippen molar-refractivity contribution in [3.05, 3.63) is 42.0 Å². The molecule has 2 atom stereocenters. The zero-order valence-electron chi connectivity index (χ0n) is 20.0. The quantitative estimate of drug-likeness (QED) is 0.478. The van der Waals surface area contributed by atoms with E-state index in [1.165, 1.54) is 7.11 Å². The standard InChI is InChI=1S/C24H28N8O2/c1-13-10-32(11-14(2)26-13)19-7-6-17(22-18(19)9-25-15(3)27-22)23(33)28-20-8-16-12-31(4)30-21(16)24(29-20)34-5/h6-9,12-14,26H,10-11H2,1-5H3,(H,28,33)/t13-,14-/m0/s1. The van der Waals surface area contributed by atoms with E-state index in [-0.39, 0.29) is 5.91 Å². The third-order valence-electron chi connectivity index (χ3n) is 6.00. The lowest BCUT2D eigenvalue weighted by molar-refractivity contribution is 0.102. The van der Waals surface area contributed by atoms with Gasteiger partial charge in [0.15, 0.2) is 5.52 Å². The SMILES string of the molecule is COc1nc(NC(=O)c2ccc(N3C[C@H](C)N[C@@H](C)C3)c3cnc(C)nc23)cc2cn(C)nc12. The largest absolute Gasteiger partial charge is 0.479 e. The van der Waals surface area contributed by atoms with Crippen LogP contribution < -0.4 is 20.3 Å². The number of benzene rings is 1. The van der Waals surface area contributed by atoms with Crippen molar-refractivity contribution in [3.63, 3.8) is 0 Å². The highest BCUT2D eigenvalue weighted by atomic mass is 16.5. The lowest BCUT2D eigenvalue weighted by Crippen LogP contribution is -2.54. The summed E-state index contributed by atoms with van der Waals surface area (Å²) in [7, 11) is 3.36. The number of pyridine rings is 1. The monoisotopic (exact) mass is 460 g/mol. The molecule has 1 aromatic carbocycles. The van der Waals surface area contributed by atoms with Crippen LogP contribution >= 0.6 is 0 Å². The van der Waals surface area contributed by atoms with E-state index in [1.54, 1.807) is 10.7 Å². The van der Waals surface area contributed by atoms with Crippen LogP contribution in [0.25, 0.3) is 21.8 Å². The Bertz CT molecular complexity index is 1390. The Morgan fingerprint density at radius 2 is 1.94 bits per heavy atom. The molecule has 1 fully saturated rings. The Hall–Kier alpha value is -3.79. The molecule has 0 radical (unpaired) electrons. The molecule has 1 aliphatic rings. The predicted octanol–water partition coefficient (Wildman–Crippen LogP) is 2.67. The number of hydrogen-bond acceptors (Lipinski definition) is 8. The van der Waals surface area contributed by atoms with Gasteiger partial charge in [-0.2, -0.15) is 10.1 Å². The fourth-order valence-electron chi connectivity index (χ4n) is 4.69. The smallest absolute Gasteiger partial charge is 0.259 e. The summed E-state index contributed by atoms with van der Waals surface area (Å²) < 4.78 is 7.07. The third kappa shape index (κ3) is 4.01. The lowest BCUT2D eigenvalue weighted by atomic mass is 10.0. The minimum absolute atomic E-state index is 0.297. The molecule has 3 aromatic heterocycles. The van der Waals surface area contributed by atoms with Gasteiger partial charge in [0, 0.05) is 61.1 Å². The van der Waals surface area contributed by atoms with Crippen LogP contribution in [0.4, 0.5) is 11.5 Å². The van der Waals surface area contributed by atoms with Crippen molar-refractivity contribution >= 4 is 39.2 Å². The summed E-state index contributed by atoms with van der Waals surface area (Å²) in [4.78, 5) is 29.2. The number of anilines is 2. The van der Waals surface area contributed by atoms with Gasteiger partial charge in [0.2, 0.25) is 5.88 Å². The maximum Gasteiger partial charge on any atom is 0.259 e. The van der Waals surface area contributed by atoms with Gasteiger partial charge in [0.1, 0.15) is 11.6 Å². The highest BCUT2D eigenvalue weighted by Crippen LogP contribution is 2.31. The van der Waals surface area contributed by atoms with Crippen molar-refractivity contribution in [2.75, 3.05) is 30.4 Å². The number of aromatic nitrogens is 5. The molecule has 0 unspecified atom stereocenters. The van der Waals surface area contributed by atoms with Gasteiger partial charge in [-0.25, -0.2) is 9.97 Å². The van der Waals surface area contributed by atoms with Gasteiger partial charge in [-0.05, 0) is 39.0 Å². The van der Waals surface area contributed by atoms with Crippen molar-refractivity contribution in [1.82, 2.24) is 30.0 Å². The van der Waals surface area contributed by atoms with E-state index in [2.05, 4.69) is 49.4 Å². The predicted molar refractivity (Wildman–Crippen MR) is 132 cm³/mol. The first-order chi connectivity index (χ1) is 16.3. The number of methoxy groups -OCH3 is 1. The molecule has 0 spiro atoms. The van der Waals surface area contributed by atoms with Crippen LogP contribution in [0.15, 0.2) is 30.6 Å². The number of carbonyl (C=O) groups excluding carboxylic acids is 1. The number of rotatable bonds is 4. The van der Waals surface area contributed by atoms with Gasteiger partial charge in [0.05, 0.1) is 18.2 Å². The second-order valence-electron chi connectivity index (χ2n) is 8.90. The first-order valence-electron chi connectivity index (χ1n) is 11.3. The van der Waals surface area contributed by atoms with Gasteiger partial charge in [-0.1, -0.05) is 0 Å². The molecule has 34 heavy (non-hydrogen) atoms. The number of nitrogens with one attached hydrogen (secondary N) is 2. The second kappa shape index (κ2) is 8.53. The number of hydrogen-bond donors (Lipinski definition) is 2. The number of amides is 1. The summed E-state index contributed by atoms with van der Waals surface area (Å²) in [5, 5.41) is 12.5. The van der Waals surface area contributed by atoms with Crippen LogP contribution in [-0.4, -0.2) is 62.9 Å². The van der Waals surface area contributed by atoms with Gasteiger partial charge >= 0.3 is 0 Å². The summed E-state index contributed by atoms with van der Waals surface area (Å²) in [6, 6.07) is 6.31. The first-order valence-corrected chi connectivity index (χ1v) is 11.3. The lowest BCUT2D eigenvalue weighted by Gasteiger charge is -2.38. The molecule has 1 aliphatic heterocycles. The van der Waals surface area contributed by atoms with Crippen LogP contribution in [0.2, 0.25) is 0 Å². The zero-order chi connectivity index (χ0) is 24.0. The number of fused-ring (bicyclic) bond motifs is 2. The minimum Gasteiger partial charge on any atom is -0.479 e. The van der Waals surface area contributed by atoms with Crippen LogP contribution in [0.3, 0.4) is 0 Å². The summed E-state index contributed by atoms with van der Waals surface area (Å²) in [6.45, 7) is 7.91. The average Bonchev–Trinajstić information content (AvgIpc) is 3.16. The van der Waals surface area contributed by atoms with Crippen molar-refractivity contribution in [3.8, 4) is 5.88 Å². The Kier molecular flexibility index (Phi) is 5.52. The second-order valence-corrected chi connectivity index (χ2v) is 8.90. The fourth-order valence-corrected chi connectivity index (χ4v) is 4.69. The average molecular weight is 461 g/mol. The van der Waals surface area contributed by atoms with Crippen molar-refractivity contribution < 1.29 is 9.53 Å². The molecule has 4 aromatic rings. The van der Waals surface area contributed by atoms with E-state index >= 15 is 0 Å². The zero-order valence-corrected chi connectivity index (χ0v) is 20.0. The van der Waals surface area contributed by atoms with E-state index in [4.69, 9.17) is 4.74 Å². The Morgan fingerprint density at radius 3 is 2.68 bits per heavy atom. The minimum atomic E-state index is -0.297. The van der Waals surface area contributed by atoms with E-state index < -0.39 is 0 Å². The molecule has 0 bridgehead atoms. The number of piperazine rings is 1. The first kappa shape index (κ1) is 22.0. The Labute approximate surface area is 197 Å². The topological polar surface area (TPSA) is 110 Å². The molecular weight excluding hydrogens is 432 g/mol. The molecule has 2 N–H and O–H groups in total. The third-order valence-corrected chi connectivity index (χ3v) is 6.00. The molecule has 10 nitrogen and oxygen atoms in total. The Balaban J connectivity index is 1.53. The van der Waals surface area contributed by atoms with Gasteiger partial charge in [-0.15, -0.1) is 0 Å². The van der Waals surface area contributed by atoms with Gasteiger partial charge in [-0.3, -0.25) is 9.48 Å². The van der Waals surface area contributed by atoms with E-state index in [0.717, 1.165) is 29.5 Å².